The standard InChI is InChI=1S/C17H26N6/c1-14(2)21(3)12-16-17-13-22(8-5-9-23(17)20-19-16)11-15-6-4-7-18-10-15/h4,6-7,10,14H,5,8-9,11-13H2,1-3H3. The molecule has 0 saturated heterocycles. The topological polar surface area (TPSA) is 50.1 Å². The molecular weight excluding hydrogens is 288 g/mol. The molecule has 3 heterocycles. The molecule has 3 rings (SSSR count). The van der Waals surface area contributed by atoms with Crippen molar-refractivity contribution in [2.75, 3.05) is 13.6 Å². The predicted octanol–water partition coefficient (Wildman–Crippen LogP) is 1.92. The van der Waals surface area contributed by atoms with E-state index >= 15 is 0 Å². The Labute approximate surface area is 138 Å². The summed E-state index contributed by atoms with van der Waals surface area (Å²) >= 11 is 0. The first-order chi connectivity index (χ1) is 11.1. The molecule has 0 fully saturated rings. The molecule has 2 aromatic rings. The second-order valence-electron chi connectivity index (χ2n) is 6.64. The first-order valence-corrected chi connectivity index (χ1v) is 8.36. The van der Waals surface area contributed by atoms with Gasteiger partial charge in [0.25, 0.3) is 0 Å². The lowest BCUT2D eigenvalue weighted by atomic mass is 10.2. The van der Waals surface area contributed by atoms with Gasteiger partial charge in [-0.1, -0.05) is 11.3 Å². The molecule has 0 atom stereocenters. The minimum Gasteiger partial charge on any atom is -0.298 e. The third kappa shape index (κ3) is 3.95. The number of pyridine rings is 1. The normalized spacial score (nSPS) is 15.9. The number of fused-ring (bicyclic) bond motifs is 1. The van der Waals surface area contributed by atoms with Crippen LogP contribution in [0.4, 0.5) is 0 Å². The van der Waals surface area contributed by atoms with Crippen LogP contribution in [0.25, 0.3) is 0 Å². The van der Waals surface area contributed by atoms with Crippen molar-refractivity contribution in [3.8, 4) is 0 Å². The van der Waals surface area contributed by atoms with Gasteiger partial charge in [0.2, 0.25) is 0 Å². The highest BCUT2D eigenvalue weighted by atomic mass is 15.4. The number of rotatable bonds is 5. The van der Waals surface area contributed by atoms with Crippen molar-refractivity contribution in [3.05, 3.63) is 41.5 Å². The van der Waals surface area contributed by atoms with Gasteiger partial charge < -0.3 is 0 Å². The highest BCUT2D eigenvalue weighted by Crippen LogP contribution is 2.18. The van der Waals surface area contributed by atoms with E-state index in [1.165, 1.54) is 11.3 Å². The van der Waals surface area contributed by atoms with Gasteiger partial charge in [0.1, 0.15) is 5.69 Å². The van der Waals surface area contributed by atoms with E-state index in [2.05, 4.69) is 56.7 Å². The van der Waals surface area contributed by atoms with Crippen molar-refractivity contribution in [3.63, 3.8) is 0 Å². The quantitative estimate of drug-likeness (QED) is 0.844. The Morgan fingerprint density at radius 1 is 1.30 bits per heavy atom. The minimum atomic E-state index is 0.504. The lowest BCUT2D eigenvalue weighted by Gasteiger charge is -2.22. The molecule has 2 aromatic heterocycles. The summed E-state index contributed by atoms with van der Waals surface area (Å²) in [6.45, 7) is 9.14. The molecule has 1 aliphatic heterocycles. The number of aryl methyl sites for hydroxylation is 1. The summed E-state index contributed by atoms with van der Waals surface area (Å²) in [5.74, 6) is 0. The first-order valence-electron chi connectivity index (χ1n) is 8.36. The largest absolute Gasteiger partial charge is 0.298 e. The number of nitrogens with zero attached hydrogens (tertiary/aromatic N) is 6. The molecular formula is C17H26N6. The average Bonchev–Trinajstić information content (AvgIpc) is 2.79. The van der Waals surface area contributed by atoms with Crippen molar-refractivity contribution >= 4 is 0 Å². The molecule has 124 valence electrons. The van der Waals surface area contributed by atoms with E-state index in [1.807, 2.05) is 18.5 Å². The fraction of sp³-hybridized carbons (Fsp3) is 0.588. The molecule has 0 unspecified atom stereocenters. The summed E-state index contributed by atoms with van der Waals surface area (Å²) in [4.78, 5) is 9.00. The summed E-state index contributed by atoms with van der Waals surface area (Å²) in [5, 5.41) is 8.81. The molecule has 6 nitrogen and oxygen atoms in total. The maximum absolute atomic E-state index is 4.44. The molecule has 6 heteroatoms. The van der Waals surface area contributed by atoms with Crippen LogP contribution in [0.15, 0.2) is 24.5 Å². The Kier molecular flexibility index (Phi) is 5.03. The second kappa shape index (κ2) is 7.19. The van der Waals surface area contributed by atoms with Crippen LogP contribution < -0.4 is 0 Å². The van der Waals surface area contributed by atoms with Gasteiger partial charge in [-0.05, 0) is 38.9 Å². The Morgan fingerprint density at radius 3 is 2.91 bits per heavy atom. The highest BCUT2D eigenvalue weighted by Gasteiger charge is 2.21. The van der Waals surface area contributed by atoms with Crippen LogP contribution in [0.3, 0.4) is 0 Å². The van der Waals surface area contributed by atoms with Gasteiger partial charge >= 0.3 is 0 Å². The van der Waals surface area contributed by atoms with E-state index in [-0.39, 0.29) is 0 Å². The van der Waals surface area contributed by atoms with Gasteiger partial charge in [-0.15, -0.1) is 5.10 Å². The first kappa shape index (κ1) is 16.1. The molecule has 0 bridgehead atoms. The van der Waals surface area contributed by atoms with Gasteiger partial charge in [0, 0.05) is 51.2 Å². The van der Waals surface area contributed by atoms with E-state index in [0.717, 1.165) is 44.8 Å². The van der Waals surface area contributed by atoms with Crippen LogP contribution in [0, 0.1) is 0 Å². The zero-order chi connectivity index (χ0) is 16.2. The zero-order valence-electron chi connectivity index (χ0n) is 14.3. The lowest BCUT2D eigenvalue weighted by Crippen LogP contribution is -2.27. The van der Waals surface area contributed by atoms with Gasteiger partial charge in [0.05, 0.1) is 5.69 Å². The van der Waals surface area contributed by atoms with Gasteiger partial charge in [0.15, 0.2) is 0 Å². The molecule has 23 heavy (non-hydrogen) atoms. The van der Waals surface area contributed by atoms with E-state index in [0.29, 0.717) is 6.04 Å². The lowest BCUT2D eigenvalue weighted by molar-refractivity contribution is 0.248. The molecule has 0 saturated carbocycles. The van der Waals surface area contributed by atoms with Crippen LogP contribution in [0.1, 0.15) is 37.2 Å². The molecule has 0 aromatic carbocycles. The molecule has 0 radical (unpaired) electrons. The maximum atomic E-state index is 4.44. The fourth-order valence-corrected chi connectivity index (χ4v) is 2.88. The van der Waals surface area contributed by atoms with E-state index in [9.17, 15) is 0 Å². The third-order valence-corrected chi connectivity index (χ3v) is 4.55. The van der Waals surface area contributed by atoms with Gasteiger partial charge in [-0.2, -0.15) is 0 Å². The number of hydrogen-bond donors (Lipinski definition) is 0. The van der Waals surface area contributed by atoms with Gasteiger partial charge in [-0.25, -0.2) is 4.68 Å². The summed E-state index contributed by atoms with van der Waals surface area (Å²) in [6, 6.07) is 4.65. The number of hydrogen-bond acceptors (Lipinski definition) is 5. The molecule has 0 aliphatic carbocycles. The summed E-state index contributed by atoms with van der Waals surface area (Å²) in [5.41, 5.74) is 3.63. The van der Waals surface area contributed by atoms with Crippen LogP contribution >= 0.6 is 0 Å². The zero-order valence-corrected chi connectivity index (χ0v) is 14.3. The predicted molar refractivity (Wildman–Crippen MR) is 89.6 cm³/mol. The van der Waals surface area contributed by atoms with Gasteiger partial charge in [-0.3, -0.25) is 14.8 Å². The summed E-state index contributed by atoms with van der Waals surface area (Å²) in [6.07, 6.45) is 4.88. The van der Waals surface area contributed by atoms with Crippen molar-refractivity contribution in [2.24, 2.45) is 0 Å². The molecule has 0 spiro atoms. The minimum absolute atomic E-state index is 0.504. The van der Waals surface area contributed by atoms with E-state index in [4.69, 9.17) is 0 Å². The maximum Gasteiger partial charge on any atom is 0.101 e. The van der Waals surface area contributed by atoms with Crippen molar-refractivity contribution in [2.45, 2.75) is 52.5 Å². The summed E-state index contributed by atoms with van der Waals surface area (Å²) in [7, 11) is 2.14. The third-order valence-electron chi connectivity index (χ3n) is 4.55. The van der Waals surface area contributed by atoms with Crippen molar-refractivity contribution in [1.29, 1.82) is 0 Å². The second-order valence-corrected chi connectivity index (χ2v) is 6.64. The van der Waals surface area contributed by atoms with Crippen LogP contribution in [-0.4, -0.2) is 49.4 Å². The fourth-order valence-electron chi connectivity index (χ4n) is 2.88. The van der Waals surface area contributed by atoms with Crippen LogP contribution in [0.2, 0.25) is 0 Å². The highest BCUT2D eigenvalue weighted by molar-refractivity contribution is 5.13. The Bertz CT molecular complexity index is 621. The number of aromatic nitrogens is 4. The van der Waals surface area contributed by atoms with E-state index < -0.39 is 0 Å². The molecule has 1 aliphatic rings. The summed E-state index contributed by atoms with van der Waals surface area (Å²) < 4.78 is 2.09. The van der Waals surface area contributed by atoms with Crippen LogP contribution in [-0.2, 0) is 26.2 Å². The van der Waals surface area contributed by atoms with E-state index in [1.54, 1.807) is 0 Å². The molecule has 0 N–H and O–H groups in total. The average molecular weight is 314 g/mol. The Hall–Kier alpha value is -1.79. The molecule has 0 amide bonds. The van der Waals surface area contributed by atoms with Crippen molar-refractivity contribution < 1.29 is 0 Å². The Morgan fingerprint density at radius 2 is 2.17 bits per heavy atom. The monoisotopic (exact) mass is 314 g/mol. The van der Waals surface area contributed by atoms with Crippen molar-refractivity contribution in [1.82, 2.24) is 29.8 Å². The van der Waals surface area contributed by atoms with Crippen LogP contribution in [0.5, 0.6) is 0 Å². The Balaban J connectivity index is 1.74. The SMILES string of the molecule is CC(C)N(C)Cc1nnn2c1CN(Cc1cccnc1)CCC2. The smallest absolute Gasteiger partial charge is 0.101 e.